The van der Waals surface area contributed by atoms with E-state index in [0.717, 1.165) is 16.8 Å². The topological polar surface area (TPSA) is 66.0 Å². The molecule has 1 aliphatic rings. The average Bonchev–Trinajstić information content (AvgIpc) is 2.75. The second-order valence-electron chi connectivity index (χ2n) is 5.68. The SMILES string of the molecule is CC1(C)C(C(=O)O)C1c1cn[nH]c1-c1ccccc1. The predicted molar refractivity (Wildman–Crippen MR) is 71.7 cm³/mol. The third-order valence-corrected chi connectivity index (χ3v) is 4.16. The molecule has 98 valence electrons. The van der Waals surface area contributed by atoms with E-state index in [-0.39, 0.29) is 17.3 Å². The highest BCUT2D eigenvalue weighted by atomic mass is 16.4. The minimum absolute atomic E-state index is 0.0268. The highest BCUT2D eigenvalue weighted by Crippen LogP contribution is 2.65. The van der Waals surface area contributed by atoms with Crippen molar-refractivity contribution in [3.63, 3.8) is 0 Å². The molecule has 1 fully saturated rings. The van der Waals surface area contributed by atoms with E-state index in [4.69, 9.17) is 0 Å². The van der Waals surface area contributed by atoms with Crippen LogP contribution < -0.4 is 0 Å². The molecule has 0 saturated heterocycles. The van der Waals surface area contributed by atoms with Gasteiger partial charge in [-0.15, -0.1) is 0 Å². The summed E-state index contributed by atoms with van der Waals surface area (Å²) in [4.78, 5) is 11.3. The lowest BCUT2D eigenvalue weighted by atomic mass is 10.0. The first kappa shape index (κ1) is 12.0. The molecular weight excluding hydrogens is 240 g/mol. The normalized spacial score (nSPS) is 24.1. The summed E-state index contributed by atoms with van der Waals surface area (Å²) in [6.45, 7) is 4.00. The van der Waals surface area contributed by atoms with Crippen molar-refractivity contribution in [1.82, 2.24) is 10.2 Å². The van der Waals surface area contributed by atoms with Gasteiger partial charge in [0.25, 0.3) is 0 Å². The molecule has 1 aromatic heterocycles. The van der Waals surface area contributed by atoms with Crippen molar-refractivity contribution in [3.05, 3.63) is 42.1 Å². The van der Waals surface area contributed by atoms with Crippen molar-refractivity contribution in [3.8, 4) is 11.3 Å². The molecule has 2 unspecified atom stereocenters. The second-order valence-corrected chi connectivity index (χ2v) is 5.68. The average molecular weight is 256 g/mol. The Morgan fingerprint density at radius 2 is 2.00 bits per heavy atom. The maximum Gasteiger partial charge on any atom is 0.307 e. The van der Waals surface area contributed by atoms with Crippen molar-refractivity contribution < 1.29 is 9.90 Å². The van der Waals surface area contributed by atoms with Gasteiger partial charge in [-0.05, 0) is 11.0 Å². The number of nitrogens with zero attached hydrogens (tertiary/aromatic N) is 1. The second kappa shape index (κ2) is 3.95. The lowest BCUT2D eigenvalue weighted by molar-refractivity contribution is -0.139. The molecule has 3 rings (SSSR count). The number of hydrogen-bond acceptors (Lipinski definition) is 2. The number of carboxylic acids is 1. The van der Waals surface area contributed by atoms with Crippen LogP contribution in [0.4, 0.5) is 0 Å². The summed E-state index contributed by atoms with van der Waals surface area (Å²) >= 11 is 0. The Morgan fingerprint density at radius 3 is 2.58 bits per heavy atom. The minimum Gasteiger partial charge on any atom is -0.481 e. The van der Waals surface area contributed by atoms with Crippen LogP contribution in [0.3, 0.4) is 0 Å². The summed E-state index contributed by atoms with van der Waals surface area (Å²) in [5, 5.41) is 16.4. The molecule has 0 bridgehead atoms. The van der Waals surface area contributed by atoms with Crippen LogP contribution in [0.15, 0.2) is 36.5 Å². The Morgan fingerprint density at radius 1 is 1.32 bits per heavy atom. The largest absolute Gasteiger partial charge is 0.481 e. The van der Waals surface area contributed by atoms with Crippen molar-refractivity contribution in [2.75, 3.05) is 0 Å². The van der Waals surface area contributed by atoms with E-state index in [9.17, 15) is 9.90 Å². The maximum atomic E-state index is 11.3. The van der Waals surface area contributed by atoms with Gasteiger partial charge in [-0.3, -0.25) is 9.89 Å². The van der Waals surface area contributed by atoms with E-state index >= 15 is 0 Å². The van der Waals surface area contributed by atoms with Crippen molar-refractivity contribution in [2.24, 2.45) is 11.3 Å². The van der Waals surface area contributed by atoms with E-state index in [0.29, 0.717) is 0 Å². The van der Waals surface area contributed by atoms with Crippen molar-refractivity contribution >= 4 is 5.97 Å². The highest BCUT2D eigenvalue weighted by Gasteiger charge is 2.63. The molecular formula is C15H16N2O2. The van der Waals surface area contributed by atoms with E-state index in [1.54, 1.807) is 6.20 Å². The first-order valence-corrected chi connectivity index (χ1v) is 6.35. The number of hydrogen-bond donors (Lipinski definition) is 2. The number of aromatic amines is 1. The minimum atomic E-state index is -0.727. The molecule has 2 N–H and O–H groups in total. The molecule has 4 nitrogen and oxygen atoms in total. The van der Waals surface area contributed by atoms with Crippen molar-refractivity contribution in [2.45, 2.75) is 19.8 Å². The first-order valence-electron chi connectivity index (χ1n) is 6.35. The smallest absolute Gasteiger partial charge is 0.307 e. The lowest BCUT2D eigenvalue weighted by Gasteiger charge is -2.04. The van der Waals surface area contributed by atoms with Crippen LogP contribution in [0, 0.1) is 11.3 Å². The number of carboxylic acid groups (broad SMARTS) is 1. The van der Waals surface area contributed by atoms with Gasteiger partial charge in [-0.2, -0.15) is 5.10 Å². The Balaban J connectivity index is 2.01. The first-order chi connectivity index (χ1) is 9.03. The summed E-state index contributed by atoms with van der Waals surface area (Å²) in [6, 6.07) is 9.89. The predicted octanol–water partition coefficient (Wildman–Crippen LogP) is 2.90. The Bertz CT molecular complexity index is 616. The molecule has 19 heavy (non-hydrogen) atoms. The molecule has 2 atom stereocenters. The Labute approximate surface area is 111 Å². The van der Waals surface area contributed by atoms with Crippen molar-refractivity contribution in [1.29, 1.82) is 0 Å². The fraction of sp³-hybridized carbons (Fsp3) is 0.333. The van der Waals surface area contributed by atoms with Gasteiger partial charge in [0.1, 0.15) is 0 Å². The van der Waals surface area contributed by atoms with Crippen LogP contribution in [0.2, 0.25) is 0 Å². The molecule has 1 aromatic carbocycles. The number of aliphatic carboxylic acids is 1. The van der Waals surface area contributed by atoms with Gasteiger partial charge >= 0.3 is 5.97 Å². The summed E-state index contributed by atoms with van der Waals surface area (Å²) < 4.78 is 0. The lowest BCUT2D eigenvalue weighted by Crippen LogP contribution is -2.03. The van der Waals surface area contributed by atoms with Gasteiger partial charge in [-0.1, -0.05) is 44.2 Å². The molecule has 2 aromatic rings. The quantitative estimate of drug-likeness (QED) is 0.887. The van der Waals surface area contributed by atoms with Crippen LogP contribution in [-0.4, -0.2) is 21.3 Å². The van der Waals surface area contributed by atoms with Crippen LogP contribution in [-0.2, 0) is 4.79 Å². The Kier molecular flexibility index (Phi) is 2.49. The molecule has 1 heterocycles. The summed E-state index contributed by atoms with van der Waals surface area (Å²) in [5.74, 6) is -1.03. The number of H-pyrrole nitrogens is 1. The zero-order chi connectivity index (χ0) is 13.6. The number of aromatic nitrogens is 2. The number of carbonyl (C=O) groups is 1. The van der Waals surface area contributed by atoms with Gasteiger partial charge in [0.2, 0.25) is 0 Å². The zero-order valence-corrected chi connectivity index (χ0v) is 10.9. The van der Waals surface area contributed by atoms with Crippen LogP contribution in [0.25, 0.3) is 11.3 Å². The van der Waals surface area contributed by atoms with Gasteiger partial charge in [0.15, 0.2) is 0 Å². The zero-order valence-electron chi connectivity index (χ0n) is 10.9. The maximum absolute atomic E-state index is 11.3. The molecule has 0 spiro atoms. The number of benzene rings is 1. The van der Waals surface area contributed by atoms with Gasteiger partial charge in [0.05, 0.1) is 17.8 Å². The van der Waals surface area contributed by atoms with Gasteiger partial charge in [0, 0.05) is 11.5 Å². The number of nitrogens with one attached hydrogen (secondary N) is 1. The molecule has 1 saturated carbocycles. The third-order valence-electron chi connectivity index (χ3n) is 4.16. The highest BCUT2D eigenvalue weighted by molar-refractivity contribution is 5.79. The van der Waals surface area contributed by atoms with Gasteiger partial charge < -0.3 is 5.11 Å². The van der Waals surface area contributed by atoms with Crippen LogP contribution in [0.1, 0.15) is 25.3 Å². The molecule has 0 radical (unpaired) electrons. The number of rotatable bonds is 3. The molecule has 0 amide bonds. The standard InChI is InChI=1S/C15H16N2O2/c1-15(2)11(12(15)14(18)19)10-8-16-17-13(10)9-6-4-3-5-7-9/h3-8,11-12H,1-2H3,(H,16,17)(H,18,19). The monoisotopic (exact) mass is 256 g/mol. The van der Waals surface area contributed by atoms with Crippen LogP contribution in [0.5, 0.6) is 0 Å². The molecule has 0 aliphatic heterocycles. The summed E-state index contributed by atoms with van der Waals surface area (Å²) in [6.07, 6.45) is 1.76. The molecule has 4 heteroatoms. The summed E-state index contributed by atoms with van der Waals surface area (Å²) in [5.41, 5.74) is 2.77. The molecule has 1 aliphatic carbocycles. The van der Waals surface area contributed by atoms with E-state index in [1.165, 1.54) is 0 Å². The van der Waals surface area contributed by atoms with Gasteiger partial charge in [-0.25, -0.2) is 0 Å². The van der Waals surface area contributed by atoms with E-state index in [2.05, 4.69) is 10.2 Å². The van der Waals surface area contributed by atoms with E-state index < -0.39 is 5.97 Å². The fourth-order valence-electron chi connectivity index (χ4n) is 3.05. The third kappa shape index (κ3) is 1.75. The fourth-order valence-corrected chi connectivity index (χ4v) is 3.05. The Hall–Kier alpha value is -2.10. The van der Waals surface area contributed by atoms with Crippen LogP contribution >= 0.6 is 0 Å². The van der Waals surface area contributed by atoms with E-state index in [1.807, 2.05) is 44.2 Å². The summed E-state index contributed by atoms with van der Waals surface area (Å²) in [7, 11) is 0.